The molecule has 1 nitrogen and oxygen atoms in total. The predicted octanol–water partition coefficient (Wildman–Crippen LogP) is 4.95. The second kappa shape index (κ2) is 5.46. The molecule has 19 heavy (non-hydrogen) atoms. The lowest BCUT2D eigenvalue weighted by Crippen LogP contribution is -2.06. The highest BCUT2D eigenvalue weighted by atomic mass is 79.9. The average Bonchev–Trinajstić information content (AvgIpc) is 2.75. The van der Waals surface area contributed by atoms with Gasteiger partial charge in [0.05, 0.1) is 9.35 Å². The highest BCUT2D eigenvalue weighted by molar-refractivity contribution is 9.11. The number of rotatable bonds is 3. The third-order valence-electron chi connectivity index (χ3n) is 2.54. The third-order valence-corrected chi connectivity index (χ3v) is 4.04. The van der Waals surface area contributed by atoms with Crippen molar-refractivity contribution < 1.29 is 18.0 Å². The van der Waals surface area contributed by atoms with Crippen LogP contribution in [0.3, 0.4) is 0 Å². The average molecular weight is 349 g/mol. The summed E-state index contributed by atoms with van der Waals surface area (Å²) in [6, 6.07) is 6.36. The molecule has 0 aliphatic rings. The molecule has 0 bridgehead atoms. The molecule has 2 aromatic rings. The first-order valence-corrected chi connectivity index (χ1v) is 6.97. The summed E-state index contributed by atoms with van der Waals surface area (Å²) >= 11 is 4.65. The predicted molar refractivity (Wildman–Crippen MR) is 71.5 cm³/mol. The summed E-state index contributed by atoms with van der Waals surface area (Å²) in [4.78, 5) is 11.9. The van der Waals surface area contributed by atoms with E-state index < -0.39 is 11.7 Å². The summed E-state index contributed by atoms with van der Waals surface area (Å²) in [6.45, 7) is 0. The van der Waals surface area contributed by atoms with Gasteiger partial charge in [0.25, 0.3) is 0 Å². The van der Waals surface area contributed by atoms with Gasteiger partial charge in [0.1, 0.15) is 0 Å². The quantitative estimate of drug-likeness (QED) is 0.717. The van der Waals surface area contributed by atoms with Crippen molar-refractivity contribution in [3.8, 4) is 0 Å². The Morgan fingerprint density at radius 2 is 1.84 bits per heavy atom. The van der Waals surface area contributed by atoms with E-state index in [1.54, 1.807) is 11.4 Å². The van der Waals surface area contributed by atoms with E-state index in [2.05, 4.69) is 15.9 Å². The van der Waals surface area contributed by atoms with Crippen LogP contribution in [0.1, 0.15) is 21.5 Å². The number of carbonyl (C=O) groups is 1. The fraction of sp³-hybridized carbons (Fsp3) is 0.154. The number of carbonyl (C=O) groups excluding carboxylic acids is 1. The summed E-state index contributed by atoms with van der Waals surface area (Å²) in [5.74, 6) is -0.110. The molecule has 0 amide bonds. The van der Waals surface area contributed by atoms with Crippen LogP contribution in [0.2, 0.25) is 0 Å². The van der Waals surface area contributed by atoms with Gasteiger partial charge in [0.15, 0.2) is 5.78 Å². The molecule has 1 aromatic carbocycles. The monoisotopic (exact) mass is 348 g/mol. The number of halogens is 4. The van der Waals surface area contributed by atoms with E-state index in [9.17, 15) is 18.0 Å². The van der Waals surface area contributed by atoms with E-state index in [4.69, 9.17) is 0 Å². The molecule has 0 fully saturated rings. The number of benzene rings is 1. The standard InChI is InChI=1S/C13H8BrF3OS/c14-12-6-9(7-19-12)11(18)5-8-1-3-10(4-2-8)13(15,16)17/h1-4,6-7H,5H2. The van der Waals surface area contributed by atoms with Crippen LogP contribution in [0.5, 0.6) is 0 Å². The molecule has 0 aliphatic carbocycles. The molecule has 0 saturated carbocycles. The number of thiophene rings is 1. The van der Waals surface area contributed by atoms with Gasteiger partial charge in [0.2, 0.25) is 0 Å². The zero-order valence-corrected chi connectivity index (χ0v) is 11.9. The van der Waals surface area contributed by atoms with Gasteiger partial charge in [0, 0.05) is 17.4 Å². The lowest BCUT2D eigenvalue weighted by molar-refractivity contribution is -0.137. The van der Waals surface area contributed by atoms with Crippen LogP contribution in [0, 0.1) is 0 Å². The highest BCUT2D eigenvalue weighted by Crippen LogP contribution is 2.29. The molecule has 0 atom stereocenters. The Bertz CT molecular complexity index is 587. The molecule has 1 aromatic heterocycles. The minimum atomic E-state index is -4.35. The molecule has 2 rings (SSSR count). The molecule has 0 saturated heterocycles. The second-order valence-electron chi connectivity index (χ2n) is 3.93. The SMILES string of the molecule is O=C(Cc1ccc(C(F)(F)F)cc1)c1csc(Br)c1. The van der Waals surface area contributed by atoms with Crippen molar-refractivity contribution in [3.63, 3.8) is 0 Å². The van der Waals surface area contributed by atoms with Crippen molar-refractivity contribution in [1.82, 2.24) is 0 Å². The van der Waals surface area contributed by atoms with Crippen molar-refractivity contribution in [2.45, 2.75) is 12.6 Å². The summed E-state index contributed by atoms with van der Waals surface area (Å²) in [7, 11) is 0. The van der Waals surface area contributed by atoms with Gasteiger partial charge in [-0.2, -0.15) is 13.2 Å². The van der Waals surface area contributed by atoms with Crippen molar-refractivity contribution in [3.05, 3.63) is 56.2 Å². The molecular formula is C13H8BrF3OS. The van der Waals surface area contributed by atoms with Crippen molar-refractivity contribution in [2.24, 2.45) is 0 Å². The smallest absolute Gasteiger partial charge is 0.294 e. The van der Waals surface area contributed by atoms with E-state index in [0.717, 1.165) is 15.9 Å². The summed E-state index contributed by atoms with van der Waals surface area (Å²) in [5, 5.41) is 1.72. The van der Waals surface area contributed by atoms with E-state index >= 15 is 0 Å². The topological polar surface area (TPSA) is 17.1 Å². The van der Waals surface area contributed by atoms with Crippen LogP contribution in [-0.4, -0.2) is 5.78 Å². The van der Waals surface area contributed by atoms with Crippen LogP contribution in [-0.2, 0) is 12.6 Å². The van der Waals surface area contributed by atoms with Gasteiger partial charge < -0.3 is 0 Å². The Balaban J connectivity index is 2.10. The minimum Gasteiger partial charge on any atom is -0.294 e. The fourth-order valence-electron chi connectivity index (χ4n) is 1.56. The van der Waals surface area contributed by atoms with E-state index in [1.807, 2.05) is 0 Å². The molecule has 0 aliphatic heterocycles. The lowest BCUT2D eigenvalue weighted by atomic mass is 10.0. The van der Waals surface area contributed by atoms with Gasteiger partial charge in [-0.05, 0) is 39.7 Å². The van der Waals surface area contributed by atoms with Crippen LogP contribution >= 0.6 is 27.3 Å². The molecule has 0 N–H and O–H groups in total. The first-order valence-electron chi connectivity index (χ1n) is 5.29. The van der Waals surface area contributed by atoms with Gasteiger partial charge in [-0.15, -0.1) is 11.3 Å². The van der Waals surface area contributed by atoms with E-state index in [1.165, 1.54) is 23.5 Å². The maximum atomic E-state index is 12.4. The van der Waals surface area contributed by atoms with Gasteiger partial charge in [-0.25, -0.2) is 0 Å². The van der Waals surface area contributed by atoms with Crippen LogP contribution < -0.4 is 0 Å². The Kier molecular flexibility index (Phi) is 4.10. The number of Topliss-reactive ketones (excluding diaryl/α,β-unsaturated/α-hetero) is 1. The Morgan fingerprint density at radius 1 is 1.21 bits per heavy atom. The third kappa shape index (κ3) is 3.67. The minimum absolute atomic E-state index is 0.0985. The van der Waals surface area contributed by atoms with Crippen molar-refractivity contribution in [2.75, 3.05) is 0 Å². The summed E-state index contributed by atoms with van der Waals surface area (Å²) in [5.41, 5.74) is 0.430. The molecule has 0 unspecified atom stereocenters. The van der Waals surface area contributed by atoms with Gasteiger partial charge in [-0.1, -0.05) is 12.1 Å². The first kappa shape index (κ1) is 14.3. The Hall–Kier alpha value is -1.14. The van der Waals surface area contributed by atoms with E-state index in [-0.39, 0.29) is 12.2 Å². The molecule has 100 valence electrons. The summed E-state index contributed by atoms with van der Waals surface area (Å²) in [6.07, 6.45) is -4.25. The summed E-state index contributed by atoms with van der Waals surface area (Å²) < 4.78 is 38.0. The largest absolute Gasteiger partial charge is 0.416 e. The zero-order valence-electron chi connectivity index (χ0n) is 9.50. The zero-order chi connectivity index (χ0) is 14.0. The molecule has 0 spiro atoms. The molecule has 0 radical (unpaired) electrons. The maximum absolute atomic E-state index is 12.4. The highest BCUT2D eigenvalue weighted by Gasteiger charge is 2.29. The van der Waals surface area contributed by atoms with Crippen LogP contribution in [0.25, 0.3) is 0 Å². The molecular weight excluding hydrogens is 341 g/mol. The number of ketones is 1. The lowest BCUT2D eigenvalue weighted by Gasteiger charge is -2.07. The number of hydrogen-bond donors (Lipinski definition) is 0. The van der Waals surface area contributed by atoms with Crippen LogP contribution in [0.4, 0.5) is 13.2 Å². The fourth-order valence-corrected chi connectivity index (χ4v) is 2.72. The van der Waals surface area contributed by atoms with Gasteiger partial charge in [-0.3, -0.25) is 4.79 Å². The molecule has 6 heteroatoms. The maximum Gasteiger partial charge on any atom is 0.416 e. The van der Waals surface area contributed by atoms with E-state index in [0.29, 0.717) is 11.1 Å². The van der Waals surface area contributed by atoms with Crippen molar-refractivity contribution >= 4 is 33.0 Å². The first-order chi connectivity index (χ1) is 8.86. The normalized spacial score (nSPS) is 11.6. The number of hydrogen-bond acceptors (Lipinski definition) is 2. The molecule has 1 heterocycles. The Labute approximate surface area is 120 Å². The second-order valence-corrected chi connectivity index (χ2v) is 6.22. The van der Waals surface area contributed by atoms with Crippen LogP contribution in [0.15, 0.2) is 39.5 Å². The van der Waals surface area contributed by atoms with Crippen molar-refractivity contribution in [1.29, 1.82) is 0 Å². The Morgan fingerprint density at radius 3 is 2.32 bits per heavy atom. The number of alkyl halides is 3. The van der Waals surface area contributed by atoms with Gasteiger partial charge >= 0.3 is 6.18 Å².